The lowest BCUT2D eigenvalue weighted by Crippen LogP contribution is -2.54. The van der Waals surface area contributed by atoms with Gasteiger partial charge in [0.05, 0.1) is 18.2 Å². The number of hydrogen-bond acceptors (Lipinski definition) is 5. The van der Waals surface area contributed by atoms with Gasteiger partial charge >= 0.3 is 5.97 Å². The summed E-state index contributed by atoms with van der Waals surface area (Å²) >= 11 is 0. The molecule has 136 valence electrons. The van der Waals surface area contributed by atoms with Crippen molar-refractivity contribution in [1.82, 2.24) is 9.88 Å². The minimum atomic E-state index is -0.360. The lowest BCUT2D eigenvalue weighted by atomic mass is 10.1. The van der Waals surface area contributed by atoms with E-state index in [1.54, 1.807) is 18.2 Å². The van der Waals surface area contributed by atoms with Crippen LogP contribution in [-0.2, 0) is 4.74 Å². The van der Waals surface area contributed by atoms with Crippen LogP contribution in [0.15, 0.2) is 47.4 Å². The number of methoxy groups -OCH3 is 1. The summed E-state index contributed by atoms with van der Waals surface area (Å²) in [4.78, 5) is 41.9. The normalized spacial score (nSPS) is 17.1. The van der Waals surface area contributed by atoms with E-state index in [1.165, 1.54) is 19.4 Å². The highest BCUT2D eigenvalue weighted by Gasteiger charge is 2.28. The molecule has 1 aromatic carbocycles. The first-order valence-corrected chi connectivity index (χ1v) is 8.42. The number of H-pyrrole nitrogens is 1. The fraction of sp³-hybridized carbons (Fsp3) is 0.316. The number of benzene rings is 1. The second kappa shape index (κ2) is 7.43. The maximum atomic E-state index is 12.7. The number of nitrogens with zero attached hydrogens (tertiary/aromatic N) is 2. The molecular weight excluding hydrogens is 334 g/mol. The van der Waals surface area contributed by atoms with E-state index in [2.05, 4.69) is 9.88 Å². The largest absolute Gasteiger partial charge is 0.465 e. The molecule has 1 atom stereocenters. The third-order valence-electron chi connectivity index (χ3n) is 4.57. The summed E-state index contributed by atoms with van der Waals surface area (Å²) in [6, 6.07) is 10.2. The predicted molar refractivity (Wildman–Crippen MR) is 97.6 cm³/mol. The van der Waals surface area contributed by atoms with Gasteiger partial charge in [-0.05, 0) is 37.3 Å². The SMILES string of the molecule is COC(=O)c1ccc(N2CCN(C(=O)c3ccc(=O)[nH]c3)[C@@H](C)C2)cc1. The van der Waals surface area contributed by atoms with E-state index in [0.717, 1.165) is 5.69 Å². The second-order valence-electron chi connectivity index (χ2n) is 6.27. The third-order valence-corrected chi connectivity index (χ3v) is 4.57. The first-order chi connectivity index (χ1) is 12.5. The van der Waals surface area contributed by atoms with Crippen molar-refractivity contribution < 1.29 is 14.3 Å². The Balaban J connectivity index is 1.68. The number of anilines is 1. The Morgan fingerprint density at radius 2 is 1.77 bits per heavy atom. The number of pyridine rings is 1. The molecule has 0 spiro atoms. The molecule has 2 aromatic rings. The number of esters is 1. The van der Waals surface area contributed by atoms with Gasteiger partial charge in [0.15, 0.2) is 0 Å². The first-order valence-electron chi connectivity index (χ1n) is 8.42. The average Bonchev–Trinajstić information content (AvgIpc) is 2.67. The molecule has 1 amide bonds. The van der Waals surface area contributed by atoms with Crippen LogP contribution in [0.2, 0.25) is 0 Å². The molecule has 0 saturated carbocycles. The Morgan fingerprint density at radius 1 is 1.08 bits per heavy atom. The fourth-order valence-corrected chi connectivity index (χ4v) is 3.13. The van der Waals surface area contributed by atoms with Crippen molar-refractivity contribution in [2.45, 2.75) is 13.0 Å². The van der Waals surface area contributed by atoms with Crippen LogP contribution in [0.4, 0.5) is 5.69 Å². The maximum Gasteiger partial charge on any atom is 0.337 e. The first kappa shape index (κ1) is 17.7. The van der Waals surface area contributed by atoms with Crippen LogP contribution >= 0.6 is 0 Å². The molecule has 2 heterocycles. The number of aromatic nitrogens is 1. The van der Waals surface area contributed by atoms with Gasteiger partial charge in [-0.1, -0.05) is 0 Å². The molecule has 7 nitrogen and oxygen atoms in total. The Labute approximate surface area is 151 Å². The van der Waals surface area contributed by atoms with Crippen LogP contribution in [0.3, 0.4) is 0 Å². The summed E-state index contributed by atoms with van der Waals surface area (Å²) < 4.78 is 4.71. The molecule has 7 heteroatoms. The van der Waals surface area contributed by atoms with E-state index in [4.69, 9.17) is 4.74 Å². The summed E-state index contributed by atoms with van der Waals surface area (Å²) in [5.74, 6) is -0.448. The van der Waals surface area contributed by atoms with Crippen molar-refractivity contribution in [1.29, 1.82) is 0 Å². The number of amides is 1. The number of carbonyl (C=O) groups is 2. The molecule has 1 aromatic heterocycles. The zero-order chi connectivity index (χ0) is 18.7. The molecule has 1 fully saturated rings. The zero-order valence-electron chi connectivity index (χ0n) is 14.8. The van der Waals surface area contributed by atoms with Gasteiger partial charge < -0.3 is 19.5 Å². The van der Waals surface area contributed by atoms with Crippen LogP contribution in [0.1, 0.15) is 27.6 Å². The number of aromatic amines is 1. The Morgan fingerprint density at radius 3 is 2.35 bits per heavy atom. The summed E-state index contributed by atoms with van der Waals surface area (Å²) in [6.07, 6.45) is 1.45. The standard InChI is InChI=1S/C19H21N3O4/c1-13-12-21(16-6-3-14(4-7-16)19(25)26-2)9-10-22(13)18(24)15-5-8-17(23)20-11-15/h3-8,11,13H,9-10,12H2,1-2H3,(H,20,23)/t13-/m0/s1. The van der Waals surface area contributed by atoms with E-state index >= 15 is 0 Å². The maximum absolute atomic E-state index is 12.7. The van der Waals surface area contributed by atoms with Crippen molar-refractivity contribution >= 4 is 17.6 Å². The van der Waals surface area contributed by atoms with E-state index in [-0.39, 0.29) is 23.5 Å². The molecular formula is C19H21N3O4. The zero-order valence-corrected chi connectivity index (χ0v) is 14.8. The van der Waals surface area contributed by atoms with Crippen LogP contribution in [0, 0.1) is 0 Å². The predicted octanol–water partition coefficient (Wildman–Crippen LogP) is 1.51. The Hall–Kier alpha value is -3.09. The smallest absolute Gasteiger partial charge is 0.337 e. The minimum Gasteiger partial charge on any atom is -0.465 e. The fourth-order valence-electron chi connectivity index (χ4n) is 3.13. The van der Waals surface area contributed by atoms with Crippen molar-refractivity contribution in [2.75, 3.05) is 31.6 Å². The highest BCUT2D eigenvalue weighted by molar-refractivity contribution is 5.94. The van der Waals surface area contributed by atoms with Crippen molar-refractivity contribution in [3.8, 4) is 0 Å². The Bertz CT molecular complexity index is 839. The summed E-state index contributed by atoms with van der Waals surface area (Å²) in [5, 5.41) is 0. The molecule has 1 saturated heterocycles. The van der Waals surface area contributed by atoms with E-state index in [1.807, 2.05) is 24.0 Å². The van der Waals surface area contributed by atoms with Gasteiger partial charge in [0.1, 0.15) is 0 Å². The average molecular weight is 355 g/mol. The topological polar surface area (TPSA) is 82.7 Å². The summed E-state index contributed by atoms with van der Waals surface area (Å²) in [7, 11) is 1.36. The molecule has 0 unspecified atom stereocenters. The highest BCUT2D eigenvalue weighted by atomic mass is 16.5. The van der Waals surface area contributed by atoms with Crippen LogP contribution < -0.4 is 10.5 Å². The Kier molecular flexibility index (Phi) is 5.06. The van der Waals surface area contributed by atoms with Crippen molar-refractivity contribution in [3.63, 3.8) is 0 Å². The van der Waals surface area contributed by atoms with Gasteiger partial charge in [-0.15, -0.1) is 0 Å². The van der Waals surface area contributed by atoms with Crippen LogP contribution in [-0.4, -0.2) is 54.5 Å². The lowest BCUT2D eigenvalue weighted by molar-refractivity contribution is 0.0599. The minimum absolute atomic E-state index is 0.0171. The number of hydrogen-bond donors (Lipinski definition) is 1. The monoisotopic (exact) mass is 355 g/mol. The quantitative estimate of drug-likeness (QED) is 0.844. The van der Waals surface area contributed by atoms with Gasteiger partial charge in [-0.25, -0.2) is 4.79 Å². The molecule has 0 radical (unpaired) electrons. The van der Waals surface area contributed by atoms with E-state index in [0.29, 0.717) is 30.8 Å². The van der Waals surface area contributed by atoms with Crippen molar-refractivity contribution in [3.05, 3.63) is 64.1 Å². The molecule has 1 N–H and O–H groups in total. The number of ether oxygens (including phenoxy) is 1. The summed E-state index contributed by atoms with van der Waals surface area (Å²) in [5.41, 5.74) is 1.76. The van der Waals surface area contributed by atoms with Gasteiger partial charge in [-0.3, -0.25) is 9.59 Å². The molecule has 0 bridgehead atoms. The molecule has 3 rings (SSSR count). The van der Waals surface area contributed by atoms with Gasteiger partial charge in [-0.2, -0.15) is 0 Å². The van der Waals surface area contributed by atoms with E-state index < -0.39 is 0 Å². The second-order valence-corrected chi connectivity index (χ2v) is 6.27. The number of carbonyl (C=O) groups excluding carboxylic acids is 2. The molecule has 0 aliphatic carbocycles. The van der Waals surface area contributed by atoms with E-state index in [9.17, 15) is 14.4 Å². The molecule has 1 aliphatic heterocycles. The van der Waals surface area contributed by atoms with Gasteiger partial charge in [0.2, 0.25) is 5.56 Å². The van der Waals surface area contributed by atoms with Crippen LogP contribution in [0.5, 0.6) is 0 Å². The number of piperazine rings is 1. The highest BCUT2D eigenvalue weighted by Crippen LogP contribution is 2.21. The number of rotatable bonds is 3. The summed E-state index contributed by atoms with van der Waals surface area (Å²) in [6.45, 7) is 3.96. The van der Waals surface area contributed by atoms with Gasteiger partial charge in [0, 0.05) is 43.6 Å². The third kappa shape index (κ3) is 3.61. The lowest BCUT2D eigenvalue weighted by Gasteiger charge is -2.41. The van der Waals surface area contributed by atoms with Crippen LogP contribution in [0.25, 0.3) is 0 Å². The molecule has 26 heavy (non-hydrogen) atoms. The van der Waals surface area contributed by atoms with Gasteiger partial charge in [0.25, 0.3) is 5.91 Å². The molecule has 1 aliphatic rings. The number of nitrogens with one attached hydrogen (secondary N) is 1. The van der Waals surface area contributed by atoms with Crippen molar-refractivity contribution in [2.24, 2.45) is 0 Å².